The monoisotopic (exact) mass is 433 g/mol. The Hall–Kier alpha value is -4.72. The Kier molecular flexibility index (Phi) is 5.38. The minimum absolute atomic E-state index is 0.0573. The van der Waals surface area contributed by atoms with E-state index in [0.717, 1.165) is 27.6 Å². The molecule has 3 N–H and O–H groups in total. The van der Waals surface area contributed by atoms with Gasteiger partial charge in [-0.2, -0.15) is 0 Å². The van der Waals surface area contributed by atoms with Crippen LogP contribution in [0.15, 0.2) is 85.6 Å². The highest BCUT2D eigenvalue weighted by Gasteiger charge is 2.20. The van der Waals surface area contributed by atoms with Crippen molar-refractivity contribution in [2.45, 2.75) is 6.54 Å². The summed E-state index contributed by atoms with van der Waals surface area (Å²) < 4.78 is 0. The highest BCUT2D eigenvalue weighted by molar-refractivity contribution is 5.98. The van der Waals surface area contributed by atoms with Gasteiger partial charge in [-0.15, -0.1) is 0 Å². The van der Waals surface area contributed by atoms with Gasteiger partial charge < -0.3 is 11.1 Å². The number of nitrogens with zero attached hydrogens (tertiary/aromatic N) is 5. The first-order valence-corrected chi connectivity index (χ1v) is 10.3. The summed E-state index contributed by atoms with van der Waals surface area (Å²) in [7, 11) is 0. The van der Waals surface area contributed by atoms with E-state index in [4.69, 9.17) is 5.73 Å². The van der Waals surface area contributed by atoms with E-state index in [1.807, 2.05) is 60.7 Å². The molecule has 5 aromatic rings. The summed E-state index contributed by atoms with van der Waals surface area (Å²) in [4.78, 5) is 34.5. The molecule has 0 radical (unpaired) electrons. The van der Waals surface area contributed by atoms with E-state index in [0.29, 0.717) is 11.4 Å². The van der Waals surface area contributed by atoms with Crippen molar-refractivity contribution in [2.24, 2.45) is 0 Å². The first-order chi connectivity index (χ1) is 16.2. The fourth-order valence-corrected chi connectivity index (χ4v) is 3.52. The van der Waals surface area contributed by atoms with E-state index < -0.39 is 5.91 Å². The molecule has 0 saturated carbocycles. The Labute approximate surface area is 189 Å². The van der Waals surface area contributed by atoms with Crippen molar-refractivity contribution in [3.63, 3.8) is 0 Å². The number of fused-ring (bicyclic) bond motifs is 1. The molecular formula is C25H19N7O. The summed E-state index contributed by atoms with van der Waals surface area (Å²) in [6, 6.07) is 19.3. The predicted octanol–water partition coefficient (Wildman–Crippen LogP) is 3.66. The lowest BCUT2D eigenvalue weighted by Crippen LogP contribution is -2.26. The van der Waals surface area contributed by atoms with E-state index in [1.54, 1.807) is 18.6 Å². The third-order valence-electron chi connectivity index (χ3n) is 5.13. The molecule has 0 bridgehead atoms. The van der Waals surface area contributed by atoms with Gasteiger partial charge in [-0.1, -0.05) is 42.5 Å². The van der Waals surface area contributed by atoms with Crippen molar-refractivity contribution >= 4 is 22.6 Å². The van der Waals surface area contributed by atoms with Gasteiger partial charge in [0.05, 0.1) is 16.9 Å². The standard InChI is InChI=1S/C25H19N7O/c26-24-23(25(33)30-14-16-12-27-15-28-13-16)31-22(21(32-24)17-5-2-1-3-6-17)19-8-9-20-18(11-19)7-4-10-29-20/h1-13,15H,14H2,(H2,26,32)(H,30,33). The zero-order valence-electron chi connectivity index (χ0n) is 17.5. The van der Waals surface area contributed by atoms with Crippen LogP contribution in [0.3, 0.4) is 0 Å². The number of rotatable bonds is 5. The molecule has 8 nitrogen and oxygen atoms in total. The molecule has 160 valence electrons. The number of aromatic nitrogens is 5. The summed E-state index contributed by atoms with van der Waals surface area (Å²) in [6.07, 6.45) is 6.45. The number of amides is 1. The molecule has 5 rings (SSSR count). The summed E-state index contributed by atoms with van der Waals surface area (Å²) >= 11 is 0. The lowest BCUT2D eigenvalue weighted by molar-refractivity contribution is 0.0946. The SMILES string of the molecule is Nc1nc(-c2ccccc2)c(-c2ccc3ncccc3c2)nc1C(=O)NCc1cncnc1. The number of nitrogens with one attached hydrogen (secondary N) is 1. The molecule has 0 atom stereocenters. The van der Waals surface area contributed by atoms with Crippen LogP contribution in [-0.4, -0.2) is 30.8 Å². The fourth-order valence-electron chi connectivity index (χ4n) is 3.52. The molecule has 1 amide bonds. The topological polar surface area (TPSA) is 120 Å². The normalized spacial score (nSPS) is 10.8. The molecule has 3 aromatic heterocycles. The van der Waals surface area contributed by atoms with Crippen molar-refractivity contribution in [1.82, 2.24) is 30.2 Å². The van der Waals surface area contributed by atoms with Crippen LogP contribution < -0.4 is 11.1 Å². The second-order valence-corrected chi connectivity index (χ2v) is 7.36. The summed E-state index contributed by atoms with van der Waals surface area (Å²) in [5.74, 6) is -0.367. The zero-order valence-corrected chi connectivity index (χ0v) is 17.5. The number of carbonyl (C=O) groups is 1. The molecule has 0 fully saturated rings. The summed E-state index contributed by atoms with van der Waals surface area (Å²) in [5, 5.41) is 3.77. The molecular weight excluding hydrogens is 414 g/mol. The molecule has 33 heavy (non-hydrogen) atoms. The molecule has 0 unspecified atom stereocenters. The maximum Gasteiger partial charge on any atom is 0.274 e. The molecule has 2 aromatic carbocycles. The van der Waals surface area contributed by atoms with Gasteiger partial charge >= 0.3 is 0 Å². The highest BCUT2D eigenvalue weighted by atomic mass is 16.1. The number of nitrogen functional groups attached to an aromatic ring is 1. The Morgan fingerprint density at radius 1 is 0.879 bits per heavy atom. The van der Waals surface area contributed by atoms with E-state index in [1.165, 1.54) is 6.33 Å². The minimum Gasteiger partial charge on any atom is -0.382 e. The van der Waals surface area contributed by atoms with E-state index >= 15 is 0 Å². The number of hydrogen-bond acceptors (Lipinski definition) is 7. The molecule has 0 aliphatic carbocycles. The Morgan fingerprint density at radius 3 is 2.48 bits per heavy atom. The average Bonchev–Trinajstić information content (AvgIpc) is 2.88. The number of benzene rings is 2. The van der Waals surface area contributed by atoms with Gasteiger partial charge in [0.2, 0.25) is 0 Å². The van der Waals surface area contributed by atoms with Crippen molar-refractivity contribution in [3.05, 3.63) is 96.8 Å². The second kappa shape index (κ2) is 8.80. The number of anilines is 1. The zero-order chi connectivity index (χ0) is 22.6. The van der Waals surface area contributed by atoms with Crippen molar-refractivity contribution in [2.75, 3.05) is 5.73 Å². The first kappa shape index (κ1) is 20.2. The maximum absolute atomic E-state index is 12.9. The smallest absolute Gasteiger partial charge is 0.274 e. The Balaban J connectivity index is 1.59. The summed E-state index contributed by atoms with van der Waals surface area (Å²) in [6.45, 7) is 0.248. The third kappa shape index (κ3) is 4.22. The van der Waals surface area contributed by atoms with Gasteiger partial charge in [-0.05, 0) is 18.2 Å². The average molecular weight is 433 g/mol. The van der Waals surface area contributed by atoms with Gasteiger partial charge in [-0.3, -0.25) is 9.78 Å². The Morgan fingerprint density at radius 2 is 1.67 bits per heavy atom. The van der Waals surface area contributed by atoms with E-state index in [2.05, 4.69) is 30.2 Å². The lowest BCUT2D eigenvalue weighted by atomic mass is 10.0. The summed E-state index contributed by atoms with van der Waals surface area (Å²) in [5.41, 5.74) is 10.7. The maximum atomic E-state index is 12.9. The molecule has 0 spiro atoms. The van der Waals surface area contributed by atoms with E-state index in [9.17, 15) is 4.79 Å². The van der Waals surface area contributed by atoms with Crippen molar-refractivity contribution < 1.29 is 4.79 Å². The molecule has 8 heteroatoms. The lowest BCUT2D eigenvalue weighted by Gasteiger charge is -2.13. The quantitative estimate of drug-likeness (QED) is 0.434. The third-order valence-corrected chi connectivity index (χ3v) is 5.13. The molecule has 0 aliphatic heterocycles. The Bertz CT molecular complexity index is 1440. The van der Waals surface area contributed by atoms with E-state index in [-0.39, 0.29) is 18.1 Å². The van der Waals surface area contributed by atoms with Gasteiger partial charge in [0.15, 0.2) is 11.5 Å². The fraction of sp³-hybridized carbons (Fsp3) is 0.0400. The largest absolute Gasteiger partial charge is 0.382 e. The molecule has 0 aliphatic rings. The van der Waals surface area contributed by atoms with Crippen LogP contribution in [-0.2, 0) is 6.54 Å². The minimum atomic E-state index is -0.424. The molecule has 0 saturated heterocycles. The molecule has 3 heterocycles. The van der Waals surface area contributed by atoms with Crippen LogP contribution in [0.4, 0.5) is 5.82 Å². The predicted molar refractivity (Wildman–Crippen MR) is 126 cm³/mol. The van der Waals surface area contributed by atoms with Crippen molar-refractivity contribution in [3.8, 4) is 22.5 Å². The van der Waals surface area contributed by atoms with Crippen molar-refractivity contribution in [1.29, 1.82) is 0 Å². The number of carbonyl (C=O) groups excluding carboxylic acids is 1. The van der Waals surface area contributed by atoms with Crippen LogP contribution in [0.1, 0.15) is 16.1 Å². The van der Waals surface area contributed by atoms with Gasteiger partial charge in [-0.25, -0.2) is 19.9 Å². The van der Waals surface area contributed by atoms with Crippen LogP contribution in [0, 0.1) is 0 Å². The number of nitrogens with two attached hydrogens (primary N) is 1. The number of hydrogen-bond donors (Lipinski definition) is 2. The van der Waals surface area contributed by atoms with Crippen LogP contribution in [0.2, 0.25) is 0 Å². The van der Waals surface area contributed by atoms with Gasteiger partial charge in [0, 0.05) is 47.2 Å². The number of pyridine rings is 1. The van der Waals surface area contributed by atoms with Crippen LogP contribution in [0.25, 0.3) is 33.4 Å². The van der Waals surface area contributed by atoms with Gasteiger partial charge in [0.1, 0.15) is 6.33 Å². The van der Waals surface area contributed by atoms with Crippen LogP contribution >= 0.6 is 0 Å². The van der Waals surface area contributed by atoms with Gasteiger partial charge in [0.25, 0.3) is 5.91 Å². The first-order valence-electron chi connectivity index (χ1n) is 10.3. The second-order valence-electron chi connectivity index (χ2n) is 7.36. The van der Waals surface area contributed by atoms with Crippen LogP contribution in [0.5, 0.6) is 0 Å². The highest BCUT2D eigenvalue weighted by Crippen LogP contribution is 2.32.